The Morgan fingerprint density at radius 1 is 1.08 bits per heavy atom. The van der Waals surface area contributed by atoms with Gasteiger partial charge in [-0.3, -0.25) is 9.47 Å². The molecule has 2 heterocycles. The number of H-pyrrole nitrogens is 1. The van der Waals surface area contributed by atoms with Crippen molar-refractivity contribution < 1.29 is 0 Å². The van der Waals surface area contributed by atoms with Gasteiger partial charge in [-0.2, -0.15) is 0 Å². The molecule has 1 N–H and O–H groups in total. The van der Waals surface area contributed by atoms with Crippen LogP contribution in [0.25, 0.3) is 11.0 Å². The van der Waals surface area contributed by atoms with Crippen LogP contribution in [-0.2, 0) is 6.54 Å². The quantitative estimate of drug-likeness (QED) is 0.588. The van der Waals surface area contributed by atoms with Crippen LogP contribution in [0.4, 0.5) is 0 Å². The number of likely N-dealkylation sites (tertiary alicyclic amines) is 1. The number of aromatic nitrogens is 2. The lowest BCUT2D eigenvalue weighted by Crippen LogP contribution is -2.36. The first-order valence-electron chi connectivity index (χ1n) is 8.57. The highest BCUT2D eigenvalue weighted by Gasteiger charge is 2.24. The molecule has 0 aliphatic carbocycles. The van der Waals surface area contributed by atoms with E-state index in [1.165, 1.54) is 5.56 Å². The third kappa shape index (κ3) is 3.58. The Bertz CT molecular complexity index is 988. The summed E-state index contributed by atoms with van der Waals surface area (Å²) in [5.74, 6) is 0. The Kier molecular flexibility index (Phi) is 5.15. The number of piperidine rings is 1. The maximum atomic E-state index is 12.5. The fraction of sp³-hybridized carbons (Fsp3) is 0.316. The average molecular weight is 455 g/mol. The normalized spacial score (nSPS) is 16.4. The van der Waals surface area contributed by atoms with Crippen LogP contribution in [-0.4, -0.2) is 27.5 Å². The Hall–Kier alpha value is -1.27. The summed E-state index contributed by atoms with van der Waals surface area (Å²) in [4.78, 5) is 17.8. The molecule has 1 saturated heterocycles. The van der Waals surface area contributed by atoms with Crippen molar-refractivity contribution in [1.29, 1.82) is 0 Å². The van der Waals surface area contributed by atoms with Crippen LogP contribution >= 0.6 is 39.1 Å². The largest absolute Gasteiger partial charge is 0.326 e. The summed E-state index contributed by atoms with van der Waals surface area (Å²) in [5.41, 5.74) is 2.78. The molecule has 0 radical (unpaired) electrons. The number of aromatic amines is 1. The van der Waals surface area contributed by atoms with Crippen molar-refractivity contribution in [3.63, 3.8) is 0 Å². The SMILES string of the molecule is O=c1[nH]c2cc(Cl)c(Cl)cc2n1C1CCN(Cc2ccc(Br)cc2)CC1. The van der Waals surface area contributed by atoms with Crippen LogP contribution in [0.2, 0.25) is 10.0 Å². The lowest BCUT2D eigenvalue weighted by molar-refractivity contribution is 0.180. The van der Waals surface area contributed by atoms with E-state index in [9.17, 15) is 4.79 Å². The zero-order chi connectivity index (χ0) is 18.3. The number of rotatable bonds is 3. The van der Waals surface area contributed by atoms with Crippen molar-refractivity contribution in [2.24, 2.45) is 0 Å². The molecule has 4 nitrogen and oxygen atoms in total. The number of nitrogens with zero attached hydrogens (tertiary/aromatic N) is 2. The van der Waals surface area contributed by atoms with Gasteiger partial charge < -0.3 is 4.98 Å². The molecule has 4 rings (SSSR count). The summed E-state index contributed by atoms with van der Waals surface area (Å²) in [6.07, 6.45) is 1.87. The molecular formula is C19H18BrCl2N3O. The molecule has 1 aliphatic heterocycles. The lowest BCUT2D eigenvalue weighted by atomic mass is 10.0. The second-order valence-corrected chi connectivity index (χ2v) is 8.45. The topological polar surface area (TPSA) is 41.0 Å². The number of hydrogen-bond acceptors (Lipinski definition) is 2. The molecule has 1 fully saturated rings. The van der Waals surface area contributed by atoms with Gasteiger partial charge >= 0.3 is 5.69 Å². The molecule has 0 unspecified atom stereocenters. The summed E-state index contributed by atoms with van der Waals surface area (Å²) in [7, 11) is 0. The highest BCUT2D eigenvalue weighted by atomic mass is 79.9. The van der Waals surface area contributed by atoms with Crippen LogP contribution in [0, 0.1) is 0 Å². The van der Waals surface area contributed by atoms with Gasteiger partial charge in [0.1, 0.15) is 0 Å². The molecule has 0 saturated carbocycles. The van der Waals surface area contributed by atoms with E-state index in [2.05, 4.69) is 50.1 Å². The molecule has 136 valence electrons. The van der Waals surface area contributed by atoms with Gasteiger partial charge in [-0.05, 0) is 42.7 Å². The minimum absolute atomic E-state index is 0.0929. The molecule has 1 aliphatic rings. The minimum Gasteiger partial charge on any atom is -0.305 e. The Morgan fingerprint density at radius 3 is 2.42 bits per heavy atom. The van der Waals surface area contributed by atoms with Gasteiger partial charge in [0.15, 0.2) is 0 Å². The monoisotopic (exact) mass is 453 g/mol. The van der Waals surface area contributed by atoms with Crippen molar-refractivity contribution in [2.75, 3.05) is 13.1 Å². The van der Waals surface area contributed by atoms with Gasteiger partial charge in [0, 0.05) is 30.1 Å². The van der Waals surface area contributed by atoms with Gasteiger partial charge in [0.25, 0.3) is 0 Å². The third-order valence-corrected chi connectivity index (χ3v) is 6.25. The zero-order valence-corrected chi connectivity index (χ0v) is 17.1. The van der Waals surface area contributed by atoms with Crippen LogP contribution in [0.1, 0.15) is 24.4 Å². The highest BCUT2D eigenvalue weighted by Crippen LogP contribution is 2.30. The zero-order valence-electron chi connectivity index (χ0n) is 14.0. The molecule has 7 heteroatoms. The van der Waals surface area contributed by atoms with E-state index < -0.39 is 0 Å². The molecule has 0 spiro atoms. The maximum absolute atomic E-state index is 12.5. The average Bonchev–Trinajstić information content (AvgIpc) is 2.93. The Labute approximate surface area is 169 Å². The predicted octanol–water partition coefficient (Wildman–Crippen LogP) is 5.24. The number of hydrogen-bond donors (Lipinski definition) is 1. The van der Waals surface area contributed by atoms with Crippen LogP contribution in [0.5, 0.6) is 0 Å². The fourth-order valence-corrected chi connectivity index (χ4v) is 4.25. The van der Waals surface area contributed by atoms with E-state index in [-0.39, 0.29) is 11.7 Å². The van der Waals surface area contributed by atoms with Crippen molar-refractivity contribution in [3.05, 3.63) is 67.0 Å². The number of nitrogens with one attached hydrogen (secondary N) is 1. The second-order valence-electron chi connectivity index (χ2n) is 6.72. The van der Waals surface area contributed by atoms with Crippen LogP contribution in [0.3, 0.4) is 0 Å². The number of fused-ring (bicyclic) bond motifs is 1. The van der Waals surface area contributed by atoms with Crippen molar-refractivity contribution in [3.8, 4) is 0 Å². The summed E-state index contributed by atoms with van der Waals surface area (Å²) in [6.45, 7) is 2.85. The van der Waals surface area contributed by atoms with E-state index in [1.54, 1.807) is 12.1 Å². The van der Waals surface area contributed by atoms with Crippen molar-refractivity contribution in [1.82, 2.24) is 14.5 Å². The minimum atomic E-state index is -0.0929. The van der Waals surface area contributed by atoms with E-state index >= 15 is 0 Å². The van der Waals surface area contributed by atoms with E-state index in [1.807, 2.05) is 4.57 Å². The second kappa shape index (κ2) is 7.39. The van der Waals surface area contributed by atoms with Crippen LogP contribution < -0.4 is 5.69 Å². The summed E-state index contributed by atoms with van der Waals surface area (Å²) < 4.78 is 2.94. The number of benzene rings is 2. The van der Waals surface area contributed by atoms with Crippen molar-refractivity contribution in [2.45, 2.75) is 25.4 Å². The molecule has 0 amide bonds. The van der Waals surface area contributed by atoms with E-state index in [0.717, 1.165) is 48.0 Å². The van der Waals surface area contributed by atoms with Gasteiger partial charge in [-0.15, -0.1) is 0 Å². The van der Waals surface area contributed by atoms with Crippen LogP contribution in [0.15, 0.2) is 45.7 Å². The summed E-state index contributed by atoms with van der Waals surface area (Å²) in [5, 5.41) is 0.927. The highest BCUT2D eigenvalue weighted by molar-refractivity contribution is 9.10. The molecule has 1 aromatic heterocycles. The van der Waals surface area contributed by atoms with Gasteiger partial charge in [0.05, 0.1) is 21.1 Å². The number of imidazole rings is 1. The van der Waals surface area contributed by atoms with E-state index in [4.69, 9.17) is 23.2 Å². The number of halogens is 3. The molecule has 26 heavy (non-hydrogen) atoms. The lowest BCUT2D eigenvalue weighted by Gasteiger charge is -2.32. The first-order chi connectivity index (χ1) is 12.5. The molecule has 3 aromatic rings. The summed E-state index contributed by atoms with van der Waals surface area (Å²) in [6, 6.07) is 12.1. The van der Waals surface area contributed by atoms with Gasteiger partial charge in [-0.25, -0.2) is 4.79 Å². The molecular weight excluding hydrogens is 437 g/mol. The predicted molar refractivity (Wildman–Crippen MR) is 110 cm³/mol. The van der Waals surface area contributed by atoms with Crippen molar-refractivity contribution >= 4 is 50.2 Å². The summed E-state index contributed by atoms with van der Waals surface area (Å²) >= 11 is 15.7. The fourth-order valence-electron chi connectivity index (χ4n) is 3.67. The Balaban J connectivity index is 1.50. The van der Waals surface area contributed by atoms with Gasteiger partial charge in [-0.1, -0.05) is 51.3 Å². The van der Waals surface area contributed by atoms with E-state index in [0.29, 0.717) is 10.0 Å². The third-order valence-electron chi connectivity index (χ3n) is 5.00. The first-order valence-corrected chi connectivity index (χ1v) is 10.1. The Morgan fingerprint density at radius 2 is 1.73 bits per heavy atom. The standard InChI is InChI=1S/C19H18BrCl2N3O/c20-13-3-1-12(2-4-13)11-24-7-5-14(6-8-24)25-18-10-16(22)15(21)9-17(18)23-19(25)26/h1-4,9-10,14H,5-8,11H2,(H,23,26). The molecule has 2 aromatic carbocycles. The maximum Gasteiger partial charge on any atom is 0.326 e. The van der Waals surface area contributed by atoms with Gasteiger partial charge in [0.2, 0.25) is 0 Å². The molecule has 0 atom stereocenters. The smallest absolute Gasteiger partial charge is 0.305 e. The molecule has 0 bridgehead atoms. The first kappa shape index (κ1) is 18.1.